The van der Waals surface area contributed by atoms with Crippen LogP contribution in [-0.2, 0) is 13.0 Å². The highest BCUT2D eigenvalue weighted by molar-refractivity contribution is 6.42. The van der Waals surface area contributed by atoms with Gasteiger partial charge in [0.2, 0.25) is 0 Å². The Bertz CT molecular complexity index is 623. The molecule has 0 saturated carbocycles. The number of aliphatic hydroxyl groups excluding tert-OH is 1. The summed E-state index contributed by atoms with van der Waals surface area (Å²) in [6.45, 7) is 4.04. The topological polar surface area (TPSA) is 38.0 Å². The van der Waals surface area contributed by atoms with Gasteiger partial charge in [-0.1, -0.05) is 48.7 Å². The lowest BCUT2D eigenvalue weighted by molar-refractivity contribution is 0.280. The smallest absolute Gasteiger partial charge is 0.138 e. The Morgan fingerprint density at radius 2 is 1.90 bits per heavy atom. The van der Waals surface area contributed by atoms with Crippen LogP contribution in [0.1, 0.15) is 25.1 Å². The molecule has 2 rings (SSSR count). The standard InChI is InChI=1S/C14H15Cl3N2O/c1-8(2)5-13-10(7-20)14(17)19(18-13)9-3-4-11(15)12(16)6-9/h3-4,6,8,20H,5,7H2,1-2H3. The first-order valence-electron chi connectivity index (χ1n) is 6.26. The van der Waals surface area contributed by atoms with E-state index in [2.05, 4.69) is 18.9 Å². The van der Waals surface area contributed by atoms with Crippen molar-refractivity contribution in [3.8, 4) is 5.69 Å². The van der Waals surface area contributed by atoms with Gasteiger partial charge in [-0.05, 0) is 30.5 Å². The van der Waals surface area contributed by atoms with Crippen molar-refractivity contribution in [2.75, 3.05) is 0 Å². The molecule has 2 aromatic rings. The fraction of sp³-hybridized carbons (Fsp3) is 0.357. The summed E-state index contributed by atoms with van der Waals surface area (Å²) < 4.78 is 1.58. The molecule has 0 fully saturated rings. The molecule has 0 saturated heterocycles. The third-order valence-corrected chi connectivity index (χ3v) is 4.04. The normalized spacial score (nSPS) is 11.3. The predicted octanol–water partition coefficient (Wildman–Crippen LogP) is 4.52. The summed E-state index contributed by atoms with van der Waals surface area (Å²) >= 11 is 18.2. The summed E-state index contributed by atoms with van der Waals surface area (Å²) in [5.74, 6) is 0.425. The molecule has 3 nitrogen and oxygen atoms in total. The minimum atomic E-state index is -0.137. The molecule has 0 spiro atoms. The van der Waals surface area contributed by atoms with Gasteiger partial charge in [-0.25, -0.2) is 4.68 Å². The number of hydrogen-bond acceptors (Lipinski definition) is 2. The molecule has 1 N–H and O–H groups in total. The van der Waals surface area contributed by atoms with Gasteiger partial charge in [0.25, 0.3) is 0 Å². The third kappa shape index (κ3) is 3.12. The highest BCUT2D eigenvalue weighted by atomic mass is 35.5. The molecule has 0 unspecified atom stereocenters. The lowest BCUT2D eigenvalue weighted by Gasteiger charge is -2.05. The van der Waals surface area contributed by atoms with Crippen LogP contribution in [0.5, 0.6) is 0 Å². The molecule has 0 aliphatic rings. The average Bonchev–Trinajstić information content (AvgIpc) is 2.68. The van der Waals surface area contributed by atoms with Gasteiger partial charge in [-0.15, -0.1) is 0 Å². The molecule has 0 aliphatic heterocycles. The highest BCUT2D eigenvalue weighted by Gasteiger charge is 2.18. The van der Waals surface area contributed by atoms with Gasteiger partial charge < -0.3 is 5.11 Å². The van der Waals surface area contributed by atoms with Crippen LogP contribution in [0, 0.1) is 5.92 Å². The maximum Gasteiger partial charge on any atom is 0.138 e. The molecule has 6 heteroatoms. The van der Waals surface area contributed by atoms with Crippen LogP contribution >= 0.6 is 34.8 Å². The van der Waals surface area contributed by atoms with Crippen molar-refractivity contribution in [3.63, 3.8) is 0 Å². The van der Waals surface area contributed by atoms with Crippen molar-refractivity contribution >= 4 is 34.8 Å². The number of nitrogens with zero attached hydrogens (tertiary/aromatic N) is 2. The highest BCUT2D eigenvalue weighted by Crippen LogP contribution is 2.29. The molecule has 108 valence electrons. The molecule has 1 aromatic carbocycles. The predicted molar refractivity (Wildman–Crippen MR) is 83.1 cm³/mol. The van der Waals surface area contributed by atoms with Gasteiger partial charge in [0.05, 0.1) is 28.0 Å². The molecule has 1 aromatic heterocycles. The fourth-order valence-corrected chi connectivity index (χ4v) is 2.56. The molecular formula is C14H15Cl3N2O. The van der Waals surface area contributed by atoms with E-state index in [1.807, 2.05) is 0 Å². The Kier molecular flexibility index (Phi) is 4.97. The Balaban J connectivity index is 2.51. The van der Waals surface area contributed by atoms with E-state index in [-0.39, 0.29) is 6.61 Å². The van der Waals surface area contributed by atoms with E-state index in [0.29, 0.717) is 32.4 Å². The van der Waals surface area contributed by atoms with E-state index in [9.17, 15) is 5.11 Å². The molecular weight excluding hydrogens is 319 g/mol. The van der Waals surface area contributed by atoms with Crippen molar-refractivity contribution < 1.29 is 5.11 Å². The lowest BCUT2D eigenvalue weighted by atomic mass is 10.1. The number of halogens is 3. The molecule has 20 heavy (non-hydrogen) atoms. The summed E-state index contributed by atoms with van der Waals surface area (Å²) in [5, 5.41) is 15.3. The Labute approximate surface area is 133 Å². The van der Waals surface area contributed by atoms with Crippen molar-refractivity contribution in [2.45, 2.75) is 26.9 Å². The van der Waals surface area contributed by atoms with Crippen molar-refractivity contribution in [3.05, 3.63) is 44.7 Å². The number of benzene rings is 1. The van der Waals surface area contributed by atoms with E-state index >= 15 is 0 Å². The van der Waals surface area contributed by atoms with Gasteiger partial charge >= 0.3 is 0 Å². The minimum absolute atomic E-state index is 0.137. The Morgan fingerprint density at radius 3 is 2.45 bits per heavy atom. The van der Waals surface area contributed by atoms with E-state index in [4.69, 9.17) is 34.8 Å². The second kappa shape index (κ2) is 6.35. The largest absolute Gasteiger partial charge is 0.391 e. The molecule has 0 radical (unpaired) electrons. The summed E-state index contributed by atoms with van der Waals surface area (Å²) in [6, 6.07) is 5.18. The second-order valence-corrected chi connectivity index (χ2v) is 6.15. The fourth-order valence-electron chi connectivity index (χ4n) is 1.97. The lowest BCUT2D eigenvalue weighted by Crippen LogP contribution is -2.00. The second-order valence-electron chi connectivity index (χ2n) is 4.98. The summed E-state index contributed by atoms with van der Waals surface area (Å²) in [7, 11) is 0. The van der Waals surface area contributed by atoms with E-state index in [0.717, 1.165) is 12.1 Å². The van der Waals surface area contributed by atoms with Crippen molar-refractivity contribution in [1.29, 1.82) is 0 Å². The van der Waals surface area contributed by atoms with Crippen molar-refractivity contribution in [1.82, 2.24) is 9.78 Å². The van der Waals surface area contributed by atoms with Crippen LogP contribution in [0.2, 0.25) is 15.2 Å². The van der Waals surface area contributed by atoms with Gasteiger partial charge in [-0.3, -0.25) is 0 Å². The first kappa shape index (κ1) is 15.6. The zero-order valence-corrected chi connectivity index (χ0v) is 13.5. The quantitative estimate of drug-likeness (QED) is 0.893. The van der Waals surface area contributed by atoms with Crippen LogP contribution in [0.25, 0.3) is 5.69 Å². The number of aromatic nitrogens is 2. The van der Waals surface area contributed by atoms with Crippen LogP contribution in [0.3, 0.4) is 0 Å². The Morgan fingerprint density at radius 1 is 1.20 bits per heavy atom. The first-order valence-corrected chi connectivity index (χ1v) is 7.40. The van der Waals surface area contributed by atoms with E-state index < -0.39 is 0 Å². The average molecular weight is 334 g/mol. The molecule has 0 aliphatic carbocycles. The molecule has 0 amide bonds. The van der Waals surface area contributed by atoms with Crippen LogP contribution in [0.15, 0.2) is 18.2 Å². The summed E-state index contributed by atoms with van der Waals surface area (Å²) in [5.41, 5.74) is 2.18. The zero-order valence-electron chi connectivity index (χ0n) is 11.2. The van der Waals surface area contributed by atoms with Gasteiger partial charge in [0.15, 0.2) is 0 Å². The SMILES string of the molecule is CC(C)Cc1nn(-c2ccc(Cl)c(Cl)c2)c(Cl)c1CO. The van der Waals surface area contributed by atoms with Gasteiger partial charge in [0.1, 0.15) is 5.15 Å². The minimum Gasteiger partial charge on any atom is -0.391 e. The van der Waals surface area contributed by atoms with Crippen LogP contribution < -0.4 is 0 Å². The van der Waals surface area contributed by atoms with Crippen LogP contribution in [-0.4, -0.2) is 14.9 Å². The summed E-state index contributed by atoms with van der Waals surface area (Å²) in [6.07, 6.45) is 0.754. The van der Waals surface area contributed by atoms with E-state index in [1.165, 1.54) is 0 Å². The zero-order chi connectivity index (χ0) is 14.9. The van der Waals surface area contributed by atoms with Crippen molar-refractivity contribution in [2.24, 2.45) is 5.92 Å². The molecule has 0 bridgehead atoms. The van der Waals surface area contributed by atoms with Gasteiger partial charge in [0, 0.05) is 5.56 Å². The number of hydrogen-bond donors (Lipinski definition) is 1. The third-order valence-electron chi connectivity index (χ3n) is 2.91. The molecule has 1 heterocycles. The van der Waals surface area contributed by atoms with Gasteiger partial charge in [-0.2, -0.15) is 5.10 Å². The first-order chi connectivity index (χ1) is 9.43. The molecule has 0 atom stereocenters. The summed E-state index contributed by atoms with van der Waals surface area (Å²) in [4.78, 5) is 0. The monoisotopic (exact) mass is 332 g/mol. The number of rotatable bonds is 4. The maximum atomic E-state index is 9.49. The Hall–Kier alpha value is -0.740. The van der Waals surface area contributed by atoms with Crippen LogP contribution in [0.4, 0.5) is 0 Å². The maximum absolute atomic E-state index is 9.49. The van der Waals surface area contributed by atoms with E-state index in [1.54, 1.807) is 22.9 Å². The number of aliphatic hydroxyl groups is 1.